The van der Waals surface area contributed by atoms with Gasteiger partial charge in [0.25, 0.3) is 0 Å². The van der Waals surface area contributed by atoms with E-state index in [2.05, 4.69) is 20.5 Å². The molecule has 29 heavy (non-hydrogen) atoms. The minimum absolute atomic E-state index is 0. The van der Waals surface area contributed by atoms with E-state index in [1.54, 1.807) is 19.2 Å². The van der Waals surface area contributed by atoms with Gasteiger partial charge in [0.1, 0.15) is 17.5 Å². The second-order valence-electron chi connectivity index (χ2n) is 6.87. The van der Waals surface area contributed by atoms with Crippen LogP contribution in [0, 0.1) is 17.5 Å². The van der Waals surface area contributed by atoms with Crippen molar-refractivity contribution in [2.45, 2.75) is 25.3 Å². The maximum Gasteiger partial charge on any atom is 0.191 e. The molecule has 0 aromatic heterocycles. The predicted octanol–water partition coefficient (Wildman–Crippen LogP) is 4.10. The van der Waals surface area contributed by atoms with Gasteiger partial charge in [-0.05, 0) is 61.2 Å². The first-order chi connectivity index (χ1) is 13.5. The van der Waals surface area contributed by atoms with Crippen molar-refractivity contribution in [3.8, 4) is 0 Å². The molecule has 3 rings (SSSR count). The van der Waals surface area contributed by atoms with Crippen molar-refractivity contribution in [3.05, 3.63) is 65.5 Å². The van der Waals surface area contributed by atoms with E-state index < -0.39 is 11.6 Å². The summed E-state index contributed by atoms with van der Waals surface area (Å²) in [6.07, 6.45) is 2.16. The fourth-order valence-corrected chi connectivity index (χ4v) is 3.39. The first kappa shape index (κ1) is 23.3. The molecule has 0 atom stereocenters. The Hall–Kier alpha value is -1.97. The van der Waals surface area contributed by atoms with Gasteiger partial charge in [0.15, 0.2) is 5.96 Å². The lowest BCUT2D eigenvalue weighted by Crippen LogP contribution is -2.49. The van der Waals surface area contributed by atoms with Gasteiger partial charge >= 0.3 is 0 Å². The number of nitrogens with one attached hydrogen (secondary N) is 2. The van der Waals surface area contributed by atoms with Crippen LogP contribution < -0.4 is 15.5 Å². The number of hydrogen-bond acceptors (Lipinski definition) is 2. The monoisotopic (exact) mass is 518 g/mol. The molecular weight excluding hydrogens is 492 g/mol. The molecule has 1 aliphatic rings. The summed E-state index contributed by atoms with van der Waals surface area (Å²) in [6.45, 7) is 2.10. The molecule has 0 aliphatic carbocycles. The number of aliphatic imine (C=N–C) groups is 1. The Bertz CT molecular complexity index is 823. The molecule has 0 amide bonds. The van der Waals surface area contributed by atoms with E-state index in [0.29, 0.717) is 24.5 Å². The lowest BCUT2D eigenvalue weighted by molar-refractivity contribution is 0.461. The van der Waals surface area contributed by atoms with E-state index in [0.717, 1.165) is 43.8 Å². The van der Waals surface area contributed by atoms with Crippen molar-refractivity contribution >= 4 is 35.6 Å². The van der Waals surface area contributed by atoms with Gasteiger partial charge in [0, 0.05) is 38.4 Å². The van der Waals surface area contributed by atoms with Crippen molar-refractivity contribution < 1.29 is 13.2 Å². The number of halogens is 4. The normalized spacial score (nSPS) is 15.0. The topological polar surface area (TPSA) is 39.7 Å². The predicted molar refractivity (Wildman–Crippen MR) is 122 cm³/mol. The van der Waals surface area contributed by atoms with Crippen LogP contribution in [0.5, 0.6) is 0 Å². The largest absolute Gasteiger partial charge is 0.371 e. The van der Waals surface area contributed by atoms with Crippen molar-refractivity contribution in [2.24, 2.45) is 4.99 Å². The number of benzene rings is 2. The van der Waals surface area contributed by atoms with Gasteiger partial charge in [-0.3, -0.25) is 4.99 Å². The smallest absolute Gasteiger partial charge is 0.191 e. The van der Waals surface area contributed by atoms with Gasteiger partial charge < -0.3 is 15.5 Å². The third kappa shape index (κ3) is 6.80. The summed E-state index contributed by atoms with van der Waals surface area (Å²) in [5.74, 6) is -0.432. The highest BCUT2D eigenvalue weighted by atomic mass is 127. The molecule has 1 aliphatic heterocycles. The van der Waals surface area contributed by atoms with Crippen LogP contribution in [-0.4, -0.2) is 38.7 Å². The third-order valence-corrected chi connectivity index (χ3v) is 4.93. The van der Waals surface area contributed by atoms with E-state index in [1.807, 2.05) is 6.07 Å². The molecule has 1 fully saturated rings. The fraction of sp³-hybridized carbons (Fsp3) is 0.381. The van der Waals surface area contributed by atoms with Crippen molar-refractivity contribution in [2.75, 3.05) is 31.6 Å². The Morgan fingerprint density at radius 1 is 1.07 bits per heavy atom. The van der Waals surface area contributed by atoms with Crippen LogP contribution in [0.2, 0.25) is 0 Å². The summed E-state index contributed by atoms with van der Waals surface area (Å²) in [7, 11) is 1.68. The molecule has 158 valence electrons. The number of guanidine groups is 1. The van der Waals surface area contributed by atoms with Gasteiger partial charge in [-0.2, -0.15) is 0 Å². The second kappa shape index (κ2) is 11.3. The zero-order valence-electron chi connectivity index (χ0n) is 16.3. The Morgan fingerprint density at radius 3 is 2.48 bits per heavy atom. The summed E-state index contributed by atoms with van der Waals surface area (Å²) in [5.41, 5.74) is 1.24. The molecule has 4 nitrogen and oxygen atoms in total. The van der Waals surface area contributed by atoms with E-state index in [-0.39, 0.29) is 35.8 Å². The van der Waals surface area contributed by atoms with Crippen LogP contribution in [0.3, 0.4) is 0 Å². The number of piperidine rings is 1. The van der Waals surface area contributed by atoms with Gasteiger partial charge in [0.05, 0.1) is 0 Å². The van der Waals surface area contributed by atoms with Gasteiger partial charge in [0.2, 0.25) is 0 Å². The minimum atomic E-state index is -0.441. The summed E-state index contributed by atoms with van der Waals surface area (Å²) in [4.78, 5) is 6.38. The maximum absolute atomic E-state index is 13.7. The average Bonchev–Trinajstić information content (AvgIpc) is 2.70. The third-order valence-electron chi connectivity index (χ3n) is 4.93. The molecule has 0 saturated carbocycles. The summed E-state index contributed by atoms with van der Waals surface area (Å²) >= 11 is 0. The van der Waals surface area contributed by atoms with Gasteiger partial charge in [-0.25, -0.2) is 13.2 Å². The quantitative estimate of drug-likeness (QED) is 0.356. The summed E-state index contributed by atoms with van der Waals surface area (Å²) in [5, 5.41) is 6.52. The zero-order chi connectivity index (χ0) is 19.9. The van der Waals surface area contributed by atoms with Crippen LogP contribution in [0.15, 0.2) is 47.5 Å². The van der Waals surface area contributed by atoms with Crippen LogP contribution in [0.25, 0.3) is 0 Å². The molecule has 0 spiro atoms. The Morgan fingerprint density at radius 2 is 1.79 bits per heavy atom. The summed E-state index contributed by atoms with van der Waals surface area (Å²) < 4.78 is 40.3. The van der Waals surface area contributed by atoms with Crippen molar-refractivity contribution in [3.63, 3.8) is 0 Å². The van der Waals surface area contributed by atoms with Gasteiger partial charge in [-0.15, -0.1) is 24.0 Å². The standard InChI is InChI=1S/C21H25F3N4.HI/c1-25-21(26-10-7-15-13-17(23)5-6-20(15)24)27-18-8-11-28(12-9-18)19-4-2-3-16(22)14-19;/h2-6,13-14,18H,7-12H2,1H3,(H2,25,26,27);1H. The Labute approximate surface area is 186 Å². The number of rotatable bonds is 5. The minimum Gasteiger partial charge on any atom is -0.371 e. The van der Waals surface area contributed by atoms with E-state index in [9.17, 15) is 13.2 Å². The molecule has 1 heterocycles. The highest BCUT2D eigenvalue weighted by Crippen LogP contribution is 2.20. The second-order valence-corrected chi connectivity index (χ2v) is 6.87. The maximum atomic E-state index is 13.7. The molecule has 0 radical (unpaired) electrons. The van der Waals surface area contributed by atoms with Crippen molar-refractivity contribution in [1.29, 1.82) is 0 Å². The van der Waals surface area contributed by atoms with E-state index in [4.69, 9.17) is 0 Å². The van der Waals surface area contributed by atoms with Crippen LogP contribution >= 0.6 is 24.0 Å². The van der Waals surface area contributed by atoms with E-state index in [1.165, 1.54) is 12.1 Å². The molecule has 1 saturated heterocycles. The Balaban J connectivity index is 0.00000300. The molecule has 0 unspecified atom stereocenters. The highest BCUT2D eigenvalue weighted by Gasteiger charge is 2.20. The van der Waals surface area contributed by atoms with Crippen LogP contribution in [0.4, 0.5) is 18.9 Å². The summed E-state index contributed by atoms with van der Waals surface area (Å²) in [6, 6.07) is 10.4. The van der Waals surface area contributed by atoms with Crippen LogP contribution in [-0.2, 0) is 6.42 Å². The molecule has 2 N–H and O–H groups in total. The van der Waals surface area contributed by atoms with Gasteiger partial charge in [-0.1, -0.05) is 6.07 Å². The molecule has 8 heteroatoms. The zero-order valence-corrected chi connectivity index (χ0v) is 18.6. The highest BCUT2D eigenvalue weighted by molar-refractivity contribution is 14.0. The SMILES string of the molecule is CN=C(NCCc1cc(F)ccc1F)NC1CCN(c2cccc(F)c2)CC1.I. The number of anilines is 1. The first-order valence-electron chi connectivity index (χ1n) is 9.47. The molecule has 2 aromatic rings. The number of hydrogen-bond donors (Lipinski definition) is 2. The number of nitrogens with zero attached hydrogens (tertiary/aromatic N) is 2. The average molecular weight is 518 g/mol. The van der Waals surface area contributed by atoms with Crippen molar-refractivity contribution in [1.82, 2.24) is 10.6 Å². The Kier molecular flexibility index (Phi) is 9.06. The first-order valence-corrected chi connectivity index (χ1v) is 9.47. The van der Waals surface area contributed by atoms with Crippen LogP contribution in [0.1, 0.15) is 18.4 Å². The lowest BCUT2D eigenvalue weighted by Gasteiger charge is -2.34. The molecule has 2 aromatic carbocycles. The molecular formula is C21H26F3IN4. The molecule has 0 bridgehead atoms. The fourth-order valence-electron chi connectivity index (χ4n) is 3.39. The lowest BCUT2D eigenvalue weighted by atomic mass is 10.0. The van der Waals surface area contributed by atoms with E-state index >= 15 is 0 Å².